The normalized spacial score (nSPS) is 22.0. The maximum absolute atomic E-state index is 12.3. The minimum atomic E-state index is -0.588. The van der Waals surface area contributed by atoms with Crippen molar-refractivity contribution in [3.8, 4) is 0 Å². The number of anilines is 1. The number of amides is 1. The smallest absolute Gasteiger partial charge is 0.270 e. The third-order valence-corrected chi connectivity index (χ3v) is 5.06. The van der Waals surface area contributed by atoms with Gasteiger partial charge in [-0.05, 0) is 24.8 Å². The molecule has 3 heterocycles. The van der Waals surface area contributed by atoms with Gasteiger partial charge in [0.25, 0.3) is 5.91 Å². The third kappa shape index (κ3) is 4.09. The Morgan fingerprint density at radius 2 is 2.07 bits per heavy atom. The van der Waals surface area contributed by atoms with Crippen LogP contribution in [0.5, 0.6) is 0 Å². The summed E-state index contributed by atoms with van der Waals surface area (Å²) in [6.45, 7) is 1.49. The molecule has 0 bridgehead atoms. The van der Waals surface area contributed by atoms with E-state index in [1.807, 2.05) is 18.2 Å². The summed E-state index contributed by atoms with van der Waals surface area (Å²) in [7, 11) is 0. The molecule has 0 aliphatic carbocycles. The summed E-state index contributed by atoms with van der Waals surface area (Å²) in [4.78, 5) is 21.6. The summed E-state index contributed by atoms with van der Waals surface area (Å²) >= 11 is 0. The summed E-state index contributed by atoms with van der Waals surface area (Å²) in [6, 6.07) is 10.0. The van der Waals surface area contributed by atoms with E-state index in [-0.39, 0.29) is 11.9 Å². The first-order valence-electron chi connectivity index (χ1n) is 9.45. The lowest BCUT2D eigenvalue weighted by Crippen LogP contribution is -2.43. The molecule has 1 amide bonds. The summed E-state index contributed by atoms with van der Waals surface area (Å²) in [6.07, 6.45) is 2.25. The Kier molecular flexibility index (Phi) is 5.31. The number of aryl methyl sites for hydroxylation is 2. The summed E-state index contributed by atoms with van der Waals surface area (Å²) in [5.74, 6) is 1.15. The van der Waals surface area contributed by atoms with Crippen LogP contribution in [0.1, 0.15) is 33.9 Å². The van der Waals surface area contributed by atoms with Gasteiger partial charge in [0.05, 0.1) is 18.8 Å². The van der Waals surface area contributed by atoms with E-state index in [0.717, 1.165) is 12.0 Å². The van der Waals surface area contributed by atoms with Gasteiger partial charge in [0.15, 0.2) is 0 Å². The molecule has 0 saturated carbocycles. The van der Waals surface area contributed by atoms with Gasteiger partial charge < -0.3 is 20.5 Å². The molecule has 1 saturated heterocycles. The van der Waals surface area contributed by atoms with Crippen LogP contribution in [0.3, 0.4) is 0 Å². The molecule has 142 valence electrons. The minimum absolute atomic E-state index is 0.135. The Bertz CT molecular complexity index is 812. The lowest BCUT2D eigenvalue weighted by molar-refractivity contribution is -0.0135. The highest BCUT2D eigenvalue weighted by atomic mass is 16.5. The van der Waals surface area contributed by atoms with Crippen molar-refractivity contribution in [3.63, 3.8) is 0 Å². The van der Waals surface area contributed by atoms with Crippen molar-refractivity contribution < 1.29 is 14.6 Å². The second-order valence-electron chi connectivity index (χ2n) is 6.99. The highest BCUT2D eigenvalue weighted by Gasteiger charge is 2.28. The van der Waals surface area contributed by atoms with Crippen molar-refractivity contribution in [3.05, 3.63) is 53.0 Å². The van der Waals surface area contributed by atoms with E-state index in [0.29, 0.717) is 56.4 Å². The maximum atomic E-state index is 12.3. The standard InChI is InChI=1S/C20H24N4O3/c25-16-12-27-11-9-15(16)22-19-14-8-10-21-20(26)18(14)23-17(24-19)7-6-13-4-2-1-3-5-13/h1-5,15-16,25H,6-12H2,(H,21,26)(H,22,23,24)/t15-,16-/m0/s1. The van der Waals surface area contributed by atoms with Crippen LogP contribution in [0, 0.1) is 0 Å². The summed E-state index contributed by atoms with van der Waals surface area (Å²) < 4.78 is 5.30. The van der Waals surface area contributed by atoms with Crippen molar-refractivity contribution in [2.24, 2.45) is 0 Å². The average Bonchev–Trinajstić information content (AvgIpc) is 2.70. The number of carbonyl (C=O) groups excluding carboxylic acids is 1. The molecule has 7 nitrogen and oxygen atoms in total. The number of nitrogens with one attached hydrogen (secondary N) is 2. The summed E-state index contributed by atoms with van der Waals surface area (Å²) in [5, 5.41) is 16.4. The zero-order valence-electron chi connectivity index (χ0n) is 15.1. The molecular weight excluding hydrogens is 344 g/mol. The zero-order chi connectivity index (χ0) is 18.6. The van der Waals surface area contributed by atoms with E-state index in [9.17, 15) is 9.90 Å². The van der Waals surface area contributed by atoms with Crippen molar-refractivity contribution >= 4 is 11.7 Å². The topological polar surface area (TPSA) is 96.4 Å². The molecule has 27 heavy (non-hydrogen) atoms. The Morgan fingerprint density at radius 3 is 2.89 bits per heavy atom. The van der Waals surface area contributed by atoms with Crippen LogP contribution in [0.25, 0.3) is 0 Å². The Labute approximate surface area is 158 Å². The molecule has 0 unspecified atom stereocenters. The number of hydrogen-bond donors (Lipinski definition) is 3. The quantitative estimate of drug-likeness (QED) is 0.732. The van der Waals surface area contributed by atoms with Gasteiger partial charge in [-0.15, -0.1) is 0 Å². The maximum Gasteiger partial charge on any atom is 0.270 e. The first-order valence-corrected chi connectivity index (χ1v) is 9.45. The summed E-state index contributed by atoms with van der Waals surface area (Å²) in [5.41, 5.74) is 2.49. The molecule has 7 heteroatoms. The van der Waals surface area contributed by atoms with Crippen LogP contribution < -0.4 is 10.6 Å². The van der Waals surface area contributed by atoms with Crippen LogP contribution in [0.4, 0.5) is 5.82 Å². The van der Waals surface area contributed by atoms with E-state index >= 15 is 0 Å². The van der Waals surface area contributed by atoms with Crippen LogP contribution in [0.2, 0.25) is 0 Å². The molecule has 1 aromatic heterocycles. The molecule has 4 rings (SSSR count). The Balaban J connectivity index is 1.60. The van der Waals surface area contributed by atoms with E-state index < -0.39 is 6.10 Å². The number of aromatic nitrogens is 2. The largest absolute Gasteiger partial charge is 0.389 e. The van der Waals surface area contributed by atoms with Gasteiger partial charge in [0.2, 0.25) is 0 Å². The van der Waals surface area contributed by atoms with Crippen LogP contribution in [-0.4, -0.2) is 52.9 Å². The highest BCUT2D eigenvalue weighted by Crippen LogP contribution is 2.23. The van der Waals surface area contributed by atoms with Gasteiger partial charge >= 0.3 is 0 Å². The molecular formula is C20H24N4O3. The molecule has 2 aliphatic heterocycles. The van der Waals surface area contributed by atoms with Crippen molar-refractivity contribution in [2.75, 3.05) is 25.1 Å². The van der Waals surface area contributed by atoms with Gasteiger partial charge in [0, 0.05) is 25.1 Å². The fraction of sp³-hybridized carbons (Fsp3) is 0.450. The number of nitrogens with zero attached hydrogens (tertiary/aromatic N) is 2. The number of fused-ring (bicyclic) bond motifs is 1. The number of aliphatic hydroxyl groups is 1. The molecule has 2 atom stereocenters. The third-order valence-electron chi connectivity index (χ3n) is 5.06. The number of aliphatic hydroxyl groups excluding tert-OH is 1. The Morgan fingerprint density at radius 1 is 1.22 bits per heavy atom. The minimum Gasteiger partial charge on any atom is -0.389 e. The first-order chi connectivity index (χ1) is 13.2. The molecule has 1 fully saturated rings. The SMILES string of the molecule is O=C1NCCc2c(N[C@H]3CCOC[C@@H]3O)nc(CCc3ccccc3)nc21. The second kappa shape index (κ2) is 8.02. The number of benzene rings is 1. The van der Waals surface area contributed by atoms with Crippen LogP contribution in [-0.2, 0) is 24.0 Å². The number of carbonyl (C=O) groups is 1. The zero-order valence-corrected chi connectivity index (χ0v) is 15.1. The molecule has 2 aliphatic rings. The van der Waals surface area contributed by atoms with Gasteiger partial charge in [-0.1, -0.05) is 30.3 Å². The molecule has 0 radical (unpaired) electrons. The monoisotopic (exact) mass is 368 g/mol. The first kappa shape index (κ1) is 17.9. The van der Waals surface area contributed by atoms with E-state index in [1.165, 1.54) is 5.56 Å². The molecule has 2 aromatic rings. The average molecular weight is 368 g/mol. The number of hydrogen-bond acceptors (Lipinski definition) is 6. The predicted molar refractivity (Wildman–Crippen MR) is 101 cm³/mol. The van der Waals surface area contributed by atoms with Gasteiger partial charge in [-0.2, -0.15) is 0 Å². The molecule has 0 spiro atoms. The predicted octanol–water partition coefficient (Wildman–Crippen LogP) is 1.11. The van der Waals surface area contributed by atoms with Crippen molar-refractivity contribution in [2.45, 2.75) is 37.8 Å². The second-order valence-corrected chi connectivity index (χ2v) is 6.99. The van der Waals surface area contributed by atoms with Crippen molar-refractivity contribution in [1.82, 2.24) is 15.3 Å². The highest BCUT2D eigenvalue weighted by molar-refractivity contribution is 5.96. The van der Waals surface area contributed by atoms with Crippen molar-refractivity contribution in [1.29, 1.82) is 0 Å². The fourth-order valence-corrected chi connectivity index (χ4v) is 3.54. The molecule has 1 aromatic carbocycles. The number of rotatable bonds is 5. The fourth-order valence-electron chi connectivity index (χ4n) is 3.54. The lowest BCUT2D eigenvalue weighted by atomic mass is 10.0. The number of ether oxygens (including phenoxy) is 1. The Hall–Kier alpha value is -2.51. The van der Waals surface area contributed by atoms with E-state index in [2.05, 4.69) is 27.8 Å². The lowest BCUT2D eigenvalue weighted by Gasteiger charge is -2.30. The van der Waals surface area contributed by atoms with E-state index in [1.54, 1.807) is 0 Å². The van der Waals surface area contributed by atoms with Gasteiger partial charge in [-0.3, -0.25) is 4.79 Å². The van der Waals surface area contributed by atoms with Crippen LogP contribution in [0.15, 0.2) is 30.3 Å². The molecule has 3 N–H and O–H groups in total. The van der Waals surface area contributed by atoms with Gasteiger partial charge in [0.1, 0.15) is 17.3 Å². The van der Waals surface area contributed by atoms with Gasteiger partial charge in [-0.25, -0.2) is 9.97 Å². The van der Waals surface area contributed by atoms with Crippen LogP contribution >= 0.6 is 0 Å². The van der Waals surface area contributed by atoms with E-state index in [4.69, 9.17) is 9.72 Å².